The van der Waals surface area contributed by atoms with Gasteiger partial charge in [0.15, 0.2) is 0 Å². The molecule has 0 spiro atoms. The van der Waals surface area contributed by atoms with E-state index in [0.29, 0.717) is 12.1 Å². The summed E-state index contributed by atoms with van der Waals surface area (Å²) in [6.45, 7) is 8.71. The molecule has 2 N–H and O–H groups in total. The van der Waals surface area contributed by atoms with Crippen molar-refractivity contribution in [3.63, 3.8) is 0 Å². The van der Waals surface area contributed by atoms with Crippen LogP contribution in [0.25, 0.3) is 0 Å². The highest BCUT2D eigenvalue weighted by atomic mass is 16.4. The van der Waals surface area contributed by atoms with Gasteiger partial charge in [0.05, 0.1) is 0 Å². The highest BCUT2D eigenvalue weighted by molar-refractivity contribution is 5.85. The Bertz CT molecular complexity index is 172. The first-order valence-electron chi connectivity index (χ1n) is 2.95. The zero-order valence-electron chi connectivity index (χ0n) is 5.98. The Labute approximate surface area is 60.1 Å². The maximum atomic E-state index is 10.1. The maximum Gasteiger partial charge on any atom is 0.351 e. The second kappa shape index (κ2) is 3.71. The summed E-state index contributed by atoms with van der Waals surface area (Å²) in [4.78, 5) is 10.1. The molecule has 0 bridgehead atoms. The van der Waals surface area contributed by atoms with Gasteiger partial charge in [-0.25, -0.2) is 4.79 Å². The van der Waals surface area contributed by atoms with E-state index in [1.807, 2.05) is 6.92 Å². The molecule has 0 amide bonds. The van der Waals surface area contributed by atoms with E-state index in [-0.39, 0.29) is 5.70 Å². The van der Waals surface area contributed by atoms with E-state index in [1.54, 1.807) is 0 Å². The summed E-state index contributed by atoms with van der Waals surface area (Å²) in [6.07, 6.45) is 0.701. The maximum absolute atomic E-state index is 10.1. The van der Waals surface area contributed by atoms with Crippen molar-refractivity contribution < 1.29 is 9.90 Å². The minimum Gasteiger partial charge on any atom is -0.477 e. The molecule has 56 valence electrons. The summed E-state index contributed by atoms with van der Waals surface area (Å²) in [5, 5.41) is 10.9. The van der Waals surface area contributed by atoms with Crippen LogP contribution >= 0.6 is 0 Å². The molecule has 0 fully saturated rings. The molecule has 10 heavy (non-hydrogen) atoms. The number of aliphatic carboxylic acids is 1. The Kier molecular flexibility index (Phi) is 3.25. The average molecular weight is 141 g/mol. The lowest BCUT2D eigenvalue weighted by Gasteiger charge is -2.04. The van der Waals surface area contributed by atoms with E-state index in [1.165, 1.54) is 0 Å². The molecule has 0 saturated heterocycles. The number of carbonyl (C=O) groups is 1. The number of carboxylic acids is 1. The van der Waals surface area contributed by atoms with Crippen LogP contribution in [-0.4, -0.2) is 11.1 Å². The number of nitrogens with one attached hydrogen (secondary N) is 1. The van der Waals surface area contributed by atoms with Crippen molar-refractivity contribution in [3.8, 4) is 0 Å². The fraction of sp³-hybridized carbons (Fsp3) is 0.286. The quantitative estimate of drug-likeness (QED) is 0.576. The van der Waals surface area contributed by atoms with Crippen molar-refractivity contribution in [1.29, 1.82) is 0 Å². The highest BCUT2D eigenvalue weighted by Gasteiger charge is 2.01. The van der Waals surface area contributed by atoms with Crippen LogP contribution in [0.2, 0.25) is 0 Å². The molecule has 0 aromatic carbocycles. The number of rotatable bonds is 4. The van der Waals surface area contributed by atoms with E-state index in [4.69, 9.17) is 5.11 Å². The Hall–Kier alpha value is -1.25. The van der Waals surface area contributed by atoms with E-state index >= 15 is 0 Å². The lowest BCUT2D eigenvalue weighted by molar-refractivity contribution is -0.132. The second-order valence-corrected chi connectivity index (χ2v) is 1.87. The van der Waals surface area contributed by atoms with E-state index < -0.39 is 5.97 Å². The lowest BCUT2D eigenvalue weighted by Crippen LogP contribution is -2.17. The molecular weight excluding hydrogens is 130 g/mol. The van der Waals surface area contributed by atoms with Crippen LogP contribution in [0.5, 0.6) is 0 Å². The predicted molar refractivity (Wildman–Crippen MR) is 39.3 cm³/mol. The molecule has 0 aromatic heterocycles. The summed E-state index contributed by atoms with van der Waals surface area (Å²) >= 11 is 0. The summed E-state index contributed by atoms with van der Waals surface area (Å²) in [5.41, 5.74) is 0.624. The van der Waals surface area contributed by atoms with Gasteiger partial charge in [-0.3, -0.25) is 0 Å². The van der Waals surface area contributed by atoms with Crippen LogP contribution in [0.1, 0.15) is 13.3 Å². The van der Waals surface area contributed by atoms with Gasteiger partial charge >= 0.3 is 5.97 Å². The number of hydrogen-bond acceptors (Lipinski definition) is 2. The van der Waals surface area contributed by atoms with Gasteiger partial charge in [-0.05, 0) is 6.42 Å². The zero-order chi connectivity index (χ0) is 8.15. The summed E-state index contributed by atoms with van der Waals surface area (Å²) in [6, 6.07) is 0. The Morgan fingerprint density at radius 1 is 1.60 bits per heavy atom. The largest absolute Gasteiger partial charge is 0.477 e. The molecule has 3 nitrogen and oxygen atoms in total. The van der Waals surface area contributed by atoms with Crippen LogP contribution in [0, 0.1) is 0 Å². The van der Waals surface area contributed by atoms with Crippen molar-refractivity contribution in [2.75, 3.05) is 0 Å². The van der Waals surface area contributed by atoms with Crippen LogP contribution in [0.15, 0.2) is 24.6 Å². The van der Waals surface area contributed by atoms with Gasteiger partial charge < -0.3 is 10.4 Å². The molecular formula is C7H11NO2. The monoisotopic (exact) mass is 141 g/mol. The molecule has 0 aliphatic carbocycles. The first kappa shape index (κ1) is 8.75. The third-order valence-electron chi connectivity index (χ3n) is 1.01. The van der Waals surface area contributed by atoms with Crippen molar-refractivity contribution in [2.45, 2.75) is 13.3 Å². The van der Waals surface area contributed by atoms with E-state index in [2.05, 4.69) is 18.5 Å². The number of carboxylic acid groups (broad SMARTS) is 1. The van der Waals surface area contributed by atoms with Gasteiger partial charge in [-0.2, -0.15) is 0 Å². The van der Waals surface area contributed by atoms with Crippen molar-refractivity contribution in [3.05, 3.63) is 24.6 Å². The van der Waals surface area contributed by atoms with Gasteiger partial charge in [0, 0.05) is 5.70 Å². The molecule has 0 aromatic rings. The van der Waals surface area contributed by atoms with Gasteiger partial charge in [-0.1, -0.05) is 20.1 Å². The second-order valence-electron chi connectivity index (χ2n) is 1.87. The number of allylic oxidation sites excluding steroid dienone is 1. The third-order valence-corrected chi connectivity index (χ3v) is 1.01. The molecule has 0 rings (SSSR count). The van der Waals surface area contributed by atoms with Gasteiger partial charge in [0.2, 0.25) is 0 Å². The predicted octanol–water partition coefficient (Wildman–Crippen LogP) is 1.10. The van der Waals surface area contributed by atoms with Crippen molar-refractivity contribution >= 4 is 5.97 Å². The molecule has 3 heteroatoms. The van der Waals surface area contributed by atoms with Gasteiger partial charge in [-0.15, -0.1) is 0 Å². The van der Waals surface area contributed by atoms with Crippen molar-refractivity contribution in [1.82, 2.24) is 5.32 Å². The fourth-order valence-corrected chi connectivity index (χ4v) is 0.355. The van der Waals surface area contributed by atoms with Crippen molar-refractivity contribution in [2.24, 2.45) is 0 Å². The van der Waals surface area contributed by atoms with Crippen LogP contribution in [0.3, 0.4) is 0 Å². The highest BCUT2D eigenvalue weighted by Crippen LogP contribution is 1.94. The smallest absolute Gasteiger partial charge is 0.351 e. The molecule has 0 unspecified atom stereocenters. The van der Waals surface area contributed by atoms with Crippen LogP contribution in [-0.2, 0) is 4.79 Å². The zero-order valence-corrected chi connectivity index (χ0v) is 5.98. The molecule has 0 atom stereocenters. The summed E-state index contributed by atoms with van der Waals surface area (Å²) < 4.78 is 0. The standard InChI is InChI=1S/C7H11NO2/c1-4-5(2)8-6(3)7(9)10/h8H,2-4H2,1H3,(H,9,10). The minimum absolute atomic E-state index is 0.0353. The Balaban J connectivity index is 3.80. The minimum atomic E-state index is -1.05. The van der Waals surface area contributed by atoms with Gasteiger partial charge in [0.25, 0.3) is 0 Å². The molecule has 0 aliphatic heterocycles. The normalized spacial score (nSPS) is 8.50. The molecule has 0 saturated carbocycles. The molecule has 0 heterocycles. The Morgan fingerprint density at radius 2 is 2.10 bits per heavy atom. The third kappa shape index (κ3) is 2.91. The van der Waals surface area contributed by atoms with E-state index in [0.717, 1.165) is 0 Å². The SMILES string of the molecule is C=C(CC)NC(=C)C(=O)O. The first-order valence-corrected chi connectivity index (χ1v) is 2.95. The first-order chi connectivity index (χ1) is 4.57. The lowest BCUT2D eigenvalue weighted by atomic mass is 10.3. The van der Waals surface area contributed by atoms with E-state index in [9.17, 15) is 4.79 Å². The molecule has 0 radical (unpaired) electrons. The Morgan fingerprint density at radius 3 is 2.40 bits per heavy atom. The van der Waals surface area contributed by atoms with Crippen LogP contribution < -0.4 is 5.32 Å². The summed E-state index contributed by atoms with van der Waals surface area (Å²) in [5.74, 6) is -1.05. The van der Waals surface area contributed by atoms with Crippen LogP contribution in [0.4, 0.5) is 0 Å². The van der Waals surface area contributed by atoms with Gasteiger partial charge in [0.1, 0.15) is 5.70 Å². The topological polar surface area (TPSA) is 49.3 Å². The molecule has 0 aliphatic rings. The fourth-order valence-electron chi connectivity index (χ4n) is 0.355. The average Bonchev–Trinajstić information content (AvgIpc) is 1.87. The number of hydrogen-bond donors (Lipinski definition) is 2. The summed E-state index contributed by atoms with van der Waals surface area (Å²) in [7, 11) is 0.